The molecule has 24 heavy (non-hydrogen) atoms. The number of rotatable bonds is 3. The van der Waals surface area contributed by atoms with Gasteiger partial charge in [0.25, 0.3) is 5.91 Å². The van der Waals surface area contributed by atoms with E-state index in [1.165, 1.54) is 22.9 Å². The van der Waals surface area contributed by atoms with Crippen LogP contribution in [0.3, 0.4) is 0 Å². The number of nitrogens with zero attached hydrogens (tertiary/aromatic N) is 1. The van der Waals surface area contributed by atoms with Crippen molar-refractivity contribution in [1.29, 1.82) is 0 Å². The highest BCUT2D eigenvalue weighted by atomic mass is 32.1. The second-order valence-corrected chi connectivity index (χ2v) is 7.50. The van der Waals surface area contributed by atoms with Crippen molar-refractivity contribution in [3.05, 3.63) is 45.4 Å². The molecule has 0 spiro atoms. The molecule has 0 radical (unpaired) electrons. The fraction of sp³-hybridized carbons (Fsp3) is 0.421. The van der Waals surface area contributed by atoms with Gasteiger partial charge in [0.05, 0.1) is 11.3 Å². The summed E-state index contributed by atoms with van der Waals surface area (Å²) in [7, 11) is 0. The van der Waals surface area contributed by atoms with E-state index in [0.717, 1.165) is 56.4 Å². The molecule has 3 nitrogen and oxygen atoms in total. The molecular weight excluding hydrogens is 323 g/mol. The van der Waals surface area contributed by atoms with Gasteiger partial charge in [0, 0.05) is 23.3 Å². The van der Waals surface area contributed by atoms with Crippen molar-refractivity contribution in [2.45, 2.75) is 38.5 Å². The van der Waals surface area contributed by atoms with Gasteiger partial charge in [0.1, 0.15) is 11.5 Å². The Labute approximate surface area is 145 Å². The monoisotopic (exact) mass is 344 g/mol. The maximum atomic E-state index is 14.4. The number of hydrogen-bond acceptors (Lipinski definition) is 3. The molecule has 1 N–H and O–H groups in total. The van der Waals surface area contributed by atoms with Gasteiger partial charge in [0.2, 0.25) is 0 Å². The topological polar surface area (TPSA) is 32.3 Å². The first-order chi connectivity index (χ1) is 11.7. The fourth-order valence-corrected chi connectivity index (χ4v) is 4.85. The third-order valence-electron chi connectivity index (χ3n) is 4.98. The molecule has 0 atom stereocenters. The van der Waals surface area contributed by atoms with Crippen molar-refractivity contribution in [3.63, 3.8) is 0 Å². The van der Waals surface area contributed by atoms with E-state index in [1.54, 1.807) is 17.4 Å². The Balaban J connectivity index is 1.63. The van der Waals surface area contributed by atoms with Crippen LogP contribution in [0.2, 0.25) is 0 Å². The van der Waals surface area contributed by atoms with Crippen LogP contribution in [0.1, 0.15) is 46.5 Å². The molecule has 1 fully saturated rings. The van der Waals surface area contributed by atoms with E-state index in [2.05, 4.69) is 10.2 Å². The standard InChI is InChI=1S/C19H21FN2OS/c20-15-7-5-8-16(22-10-3-4-11-22)18(15)21-19(23)14-12-24-17-9-2-1-6-13(14)17/h5,7-8,12H,1-4,6,9-11H2,(H,21,23). The van der Waals surface area contributed by atoms with Crippen LogP contribution in [0, 0.1) is 5.82 Å². The highest BCUT2D eigenvalue weighted by molar-refractivity contribution is 7.10. The minimum atomic E-state index is -0.364. The predicted octanol–water partition coefficient (Wildman–Crippen LogP) is 4.62. The maximum absolute atomic E-state index is 14.4. The van der Waals surface area contributed by atoms with E-state index in [9.17, 15) is 9.18 Å². The van der Waals surface area contributed by atoms with Gasteiger partial charge in [-0.05, 0) is 56.2 Å². The van der Waals surface area contributed by atoms with Crippen LogP contribution in [0.15, 0.2) is 23.6 Å². The molecule has 0 unspecified atom stereocenters. The highest BCUT2D eigenvalue weighted by Gasteiger charge is 2.23. The van der Waals surface area contributed by atoms with Crippen molar-refractivity contribution >= 4 is 28.6 Å². The van der Waals surface area contributed by atoms with E-state index in [4.69, 9.17) is 0 Å². The van der Waals surface area contributed by atoms with Gasteiger partial charge in [-0.15, -0.1) is 11.3 Å². The largest absolute Gasteiger partial charge is 0.370 e. The van der Waals surface area contributed by atoms with Gasteiger partial charge in [-0.2, -0.15) is 0 Å². The Morgan fingerprint density at radius 2 is 1.92 bits per heavy atom. The van der Waals surface area contributed by atoms with E-state index in [-0.39, 0.29) is 11.7 Å². The molecule has 2 aromatic rings. The maximum Gasteiger partial charge on any atom is 0.256 e. The third-order valence-corrected chi connectivity index (χ3v) is 6.07. The molecule has 1 amide bonds. The van der Waals surface area contributed by atoms with Crippen LogP contribution in [0.5, 0.6) is 0 Å². The van der Waals surface area contributed by atoms with Gasteiger partial charge >= 0.3 is 0 Å². The molecule has 0 bridgehead atoms. The second kappa shape index (κ2) is 6.55. The molecule has 2 heterocycles. The average molecular weight is 344 g/mol. The summed E-state index contributed by atoms with van der Waals surface area (Å²) in [4.78, 5) is 16.3. The lowest BCUT2D eigenvalue weighted by Crippen LogP contribution is -2.22. The van der Waals surface area contributed by atoms with Crippen LogP contribution in [0.4, 0.5) is 15.8 Å². The number of benzene rings is 1. The predicted molar refractivity (Wildman–Crippen MR) is 96.8 cm³/mol. The molecule has 1 aliphatic heterocycles. The smallest absolute Gasteiger partial charge is 0.256 e. The number of nitrogens with one attached hydrogen (secondary N) is 1. The number of fused-ring (bicyclic) bond motifs is 1. The first kappa shape index (κ1) is 15.6. The van der Waals surface area contributed by atoms with Crippen LogP contribution >= 0.6 is 11.3 Å². The number of halogens is 1. The van der Waals surface area contributed by atoms with Gasteiger partial charge in [0.15, 0.2) is 0 Å². The number of thiophene rings is 1. The van der Waals surface area contributed by atoms with Gasteiger partial charge in [-0.3, -0.25) is 4.79 Å². The molecular formula is C19H21FN2OS. The minimum absolute atomic E-state index is 0.181. The summed E-state index contributed by atoms with van der Waals surface area (Å²) in [6.45, 7) is 1.83. The Morgan fingerprint density at radius 1 is 1.12 bits per heavy atom. The molecule has 4 rings (SSSR count). The molecule has 1 saturated heterocycles. The average Bonchev–Trinajstić information content (AvgIpc) is 3.26. The van der Waals surface area contributed by atoms with Crippen molar-refractivity contribution in [3.8, 4) is 0 Å². The fourth-order valence-electron chi connectivity index (χ4n) is 3.72. The third kappa shape index (κ3) is 2.81. The van der Waals surface area contributed by atoms with Gasteiger partial charge < -0.3 is 10.2 Å². The Morgan fingerprint density at radius 3 is 2.75 bits per heavy atom. The summed E-state index contributed by atoms with van der Waals surface area (Å²) in [6.07, 6.45) is 6.57. The lowest BCUT2D eigenvalue weighted by atomic mass is 9.95. The molecule has 1 aromatic heterocycles. The van der Waals surface area contributed by atoms with Crippen LogP contribution in [-0.4, -0.2) is 19.0 Å². The number of anilines is 2. The zero-order valence-electron chi connectivity index (χ0n) is 13.6. The van der Waals surface area contributed by atoms with E-state index in [0.29, 0.717) is 5.69 Å². The summed E-state index contributed by atoms with van der Waals surface area (Å²) in [6, 6.07) is 5.02. The van der Waals surface area contributed by atoms with Crippen LogP contribution in [-0.2, 0) is 12.8 Å². The molecule has 0 saturated carbocycles. The molecule has 1 aromatic carbocycles. The van der Waals surface area contributed by atoms with E-state index < -0.39 is 0 Å². The van der Waals surface area contributed by atoms with E-state index >= 15 is 0 Å². The van der Waals surface area contributed by atoms with Crippen LogP contribution < -0.4 is 10.2 Å². The number of amides is 1. The van der Waals surface area contributed by atoms with Crippen molar-refractivity contribution in [1.82, 2.24) is 0 Å². The summed E-state index contributed by atoms with van der Waals surface area (Å²) in [5.74, 6) is -0.545. The zero-order chi connectivity index (χ0) is 16.5. The second-order valence-electron chi connectivity index (χ2n) is 6.54. The highest BCUT2D eigenvalue weighted by Crippen LogP contribution is 2.34. The van der Waals surface area contributed by atoms with Crippen molar-refractivity contribution in [2.75, 3.05) is 23.3 Å². The molecule has 1 aliphatic carbocycles. The summed E-state index contributed by atoms with van der Waals surface area (Å²) >= 11 is 1.66. The molecule has 2 aliphatic rings. The minimum Gasteiger partial charge on any atom is -0.370 e. The number of carbonyl (C=O) groups excluding carboxylic acids is 1. The quantitative estimate of drug-likeness (QED) is 0.881. The summed E-state index contributed by atoms with van der Waals surface area (Å²) in [5, 5.41) is 4.79. The summed E-state index contributed by atoms with van der Waals surface area (Å²) < 4.78 is 14.4. The van der Waals surface area contributed by atoms with Crippen LogP contribution in [0.25, 0.3) is 0 Å². The lowest BCUT2D eigenvalue weighted by Gasteiger charge is -2.22. The van der Waals surface area contributed by atoms with Crippen molar-refractivity contribution < 1.29 is 9.18 Å². The SMILES string of the molecule is O=C(Nc1c(F)cccc1N1CCCC1)c1csc2c1CCCC2. The van der Waals surface area contributed by atoms with Gasteiger partial charge in [-0.1, -0.05) is 6.07 Å². The Hall–Kier alpha value is -1.88. The van der Waals surface area contributed by atoms with Gasteiger partial charge in [-0.25, -0.2) is 4.39 Å². The number of carbonyl (C=O) groups is 1. The number of hydrogen-bond donors (Lipinski definition) is 1. The number of aryl methyl sites for hydroxylation is 1. The number of para-hydroxylation sites is 1. The Bertz CT molecular complexity index is 765. The zero-order valence-corrected chi connectivity index (χ0v) is 14.4. The Kier molecular flexibility index (Phi) is 4.27. The molecule has 126 valence electrons. The lowest BCUT2D eigenvalue weighted by molar-refractivity contribution is 0.102. The van der Waals surface area contributed by atoms with Crippen molar-refractivity contribution in [2.24, 2.45) is 0 Å². The normalized spacial score (nSPS) is 17.0. The first-order valence-electron chi connectivity index (χ1n) is 8.68. The molecule has 5 heteroatoms. The van der Waals surface area contributed by atoms with E-state index in [1.807, 2.05) is 11.4 Å². The first-order valence-corrected chi connectivity index (χ1v) is 9.56. The summed E-state index contributed by atoms with van der Waals surface area (Å²) in [5.41, 5.74) is 3.01.